The maximum Gasteiger partial charge on any atom is 0.132 e. The highest BCUT2D eigenvalue weighted by atomic mass is 32.2. The molecule has 1 aromatic carbocycles. The smallest absolute Gasteiger partial charge is 0.132 e. The van der Waals surface area contributed by atoms with Crippen LogP contribution >= 0.6 is 11.9 Å². The van der Waals surface area contributed by atoms with E-state index in [0.29, 0.717) is 12.5 Å². The molecule has 0 amide bonds. The van der Waals surface area contributed by atoms with Gasteiger partial charge in [0.1, 0.15) is 18.3 Å². The highest BCUT2D eigenvalue weighted by Gasteiger charge is 2.23. The molecule has 5 rings (SSSR count). The van der Waals surface area contributed by atoms with Crippen LogP contribution in [0, 0.1) is 5.92 Å². The summed E-state index contributed by atoms with van der Waals surface area (Å²) in [5, 5.41) is 8.68. The van der Waals surface area contributed by atoms with Crippen molar-refractivity contribution in [2.75, 3.05) is 37.4 Å². The van der Waals surface area contributed by atoms with E-state index in [2.05, 4.69) is 44.5 Å². The minimum absolute atomic E-state index is 0.520. The maximum absolute atomic E-state index is 6.02. The standard InChI is InChI=1S/C14H17N5S.C8H15N/c15-13-12-11(7-17-14(12)19-8-18-13)10-3-1-2-9(6-10)4-5-20-16;1-3-8(4-1)7-9-5-2-6-9/h1-3,6-7,17,19H,4-5,8,16H2,(H2,15,18);8H,1-7H2. The Morgan fingerprint density at radius 1 is 1.21 bits per heavy atom. The van der Waals surface area contributed by atoms with E-state index in [4.69, 9.17) is 10.9 Å². The number of nitrogens with two attached hydrogens (primary N) is 2. The Balaban J connectivity index is 0.000000188. The summed E-state index contributed by atoms with van der Waals surface area (Å²) < 4.78 is 0. The number of amidine groups is 1. The van der Waals surface area contributed by atoms with E-state index in [1.165, 1.54) is 62.8 Å². The number of benzene rings is 1. The Bertz CT molecular complexity index is 826. The first-order valence-corrected chi connectivity index (χ1v) is 11.7. The molecule has 0 bridgehead atoms. The van der Waals surface area contributed by atoms with Gasteiger partial charge in [0.15, 0.2) is 0 Å². The lowest BCUT2D eigenvalue weighted by atomic mass is 9.84. The van der Waals surface area contributed by atoms with E-state index in [1.807, 2.05) is 6.20 Å². The van der Waals surface area contributed by atoms with Gasteiger partial charge in [-0.1, -0.05) is 42.6 Å². The molecule has 6 N–H and O–H groups in total. The monoisotopic (exact) mass is 412 g/mol. The van der Waals surface area contributed by atoms with Crippen molar-refractivity contribution in [2.45, 2.75) is 32.1 Å². The highest BCUT2D eigenvalue weighted by Crippen LogP contribution is 2.31. The fraction of sp³-hybridized carbons (Fsp3) is 0.500. The first-order valence-electron chi connectivity index (χ1n) is 10.6. The molecule has 156 valence electrons. The van der Waals surface area contributed by atoms with Gasteiger partial charge in [-0.2, -0.15) is 0 Å². The average molecular weight is 413 g/mol. The number of aromatic amines is 1. The minimum Gasteiger partial charge on any atom is -0.383 e. The summed E-state index contributed by atoms with van der Waals surface area (Å²) in [5.74, 6) is 3.53. The zero-order valence-corrected chi connectivity index (χ0v) is 17.8. The fourth-order valence-electron chi connectivity index (χ4n) is 4.02. The molecule has 0 atom stereocenters. The van der Waals surface area contributed by atoms with Gasteiger partial charge < -0.3 is 20.9 Å². The van der Waals surface area contributed by atoms with E-state index in [0.717, 1.165) is 40.6 Å². The van der Waals surface area contributed by atoms with Crippen LogP contribution in [0.1, 0.15) is 36.8 Å². The second-order valence-corrected chi connectivity index (χ2v) is 8.84. The van der Waals surface area contributed by atoms with E-state index in [1.54, 1.807) is 0 Å². The third-order valence-corrected chi connectivity index (χ3v) is 6.52. The highest BCUT2D eigenvalue weighted by molar-refractivity contribution is 7.97. The molecule has 3 aliphatic rings. The quantitative estimate of drug-likeness (QED) is 0.545. The van der Waals surface area contributed by atoms with Crippen LogP contribution in [0.4, 0.5) is 5.82 Å². The largest absolute Gasteiger partial charge is 0.383 e. The Hall–Kier alpha value is -1.96. The lowest BCUT2D eigenvalue weighted by Crippen LogP contribution is -2.41. The van der Waals surface area contributed by atoms with Crippen molar-refractivity contribution in [1.82, 2.24) is 9.88 Å². The van der Waals surface area contributed by atoms with Crippen LogP contribution in [0.5, 0.6) is 0 Å². The van der Waals surface area contributed by atoms with Crippen LogP contribution in [0.3, 0.4) is 0 Å². The Kier molecular flexibility index (Phi) is 6.79. The Morgan fingerprint density at radius 2 is 2.07 bits per heavy atom. The number of aromatic nitrogens is 1. The third kappa shape index (κ3) is 4.97. The minimum atomic E-state index is 0.520. The van der Waals surface area contributed by atoms with Gasteiger partial charge in [0.05, 0.1) is 5.56 Å². The van der Waals surface area contributed by atoms with Crippen LogP contribution < -0.4 is 16.2 Å². The van der Waals surface area contributed by atoms with Gasteiger partial charge in [-0.3, -0.25) is 5.14 Å². The lowest BCUT2D eigenvalue weighted by Gasteiger charge is -2.37. The molecule has 1 aliphatic carbocycles. The molecule has 0 radical (unpaired) electrons. The summed E-state index contributed by atoms with van der Waals surface area (Å²) in [6.07, 6.45) is 8.91. The number of rotatable bonds is 6. The van der Waals surface area contributed by atoms with Crippen molar-refractivity contribution in [2.24, 2.45) is 21.8 Å². The number of fused-ring (bicyclic) bond motifs is 1. The number of hydrogen-bond acceptors (Lipinski definition) is 6. The molecule has 0 spiro atoms. The molecule has 2 fully saturated rings. The van der Waals surface area contributed by atoms with Gasteiger partial charge >= 0.3 is 0 Å². The molecular weight excluding hydrogens is 380 g/mol. The molecule has 3 heterocycles. The first kappa shape index (κ1) is 20.3. The van der Waals surface area contributed by atoms with Crippen molar-refractivity contribution in [3.8, 4) is 11.1 Å². The SMILES string of the molecule is C1CC(CN2CCC2)C1.NSCCc1cccc(-c2c[nH]c3c2C(N)=NCN3)c1. The Morgan fingerprint density at radius 3 is 2.76 bits per heavy atom. The molecule has 2 aromatic rings. The molecule has 2 aliphatic heterocycles. The van der Waals surface area contributed by atoms with E-state index in [-0.39, 0.29) is 0 Å². The van der Waals surface area contributed by atoms with Gasteiger partial charge in [-0.05, 0) is 55.8 Å². The predicted octanol–water partition coefficient (Wildman–Crippen LogP) is 3.41. The second-order valence-electron chi connectivity index (χ2n) is 8.10. The van der Waals surface area contributed by atoms with Crippen molar-refractivity contribution < 1.29 is 0 Å². The molecule has 0 unspecified atom stereocenters. The molecule has 7 heteroatoms. The normalized spacial score (nSPS) is 18.4. The van der Waals surface area contributed by atoms with Gasteiger partial charge in [-0.25, -0.2) is 4.99 Å². The van der Waals surface area contributed by atoms with Crippen LogP contribution in [-0.4, -0.2) is 47.8 Å². The number of H-pyrrole nitrogens is 1. The van der Waals surface area contributed by atoms with E-state index >= 15 is 0 Å². The van der Waals surface area contributed by atoms with Gasteiger partial charge in [0.2, 0.25) is 0 Å². The van der Waals surface area contributed by atoms with Crippen LogP contribution in [0.2, 0.25) is 0 Å². The molecule has 1 saturated carbocycles. The maximum atomic E-state index is 6.02. The summed E-state index contributed by atoms with van der Waals surface area (Å²) in [7, 11) is 0. The number of anilines is 1. The Labute approximate surface area is 177 Å². The van der Waals surface area contributed by atoms with Crippen LogP contribution in [-0.2, 0) is 6.42 Å². The summed E-state index contributed by atoms with van der Waals surface area (Å²) in [4.78, 5) is 10.1. The summed E-state index contributed by atoms with van der Waals surface area (Å²) in [6.45, 7) is 4.71. The average Bonchev–Trinajstić information content (AvgIpc) is 3.10. The predicted molar refractivity (Wildman–Crippen MR) is 124 cm³/mol. The first-order chi connectivity index (χ1) is 14.2. The number of nitrogens with one attached hydrogen (secondary N) is 2. The molecular formula is C22H32N6S. The molecule has 29 heavy (non-hydrogen) atoms. The number of hydrogen-bond donors (Lipinski definition) is 4. The summed E-state index contributed by atoms with van der Waals surface area (Å²) in [6, 6.07) is 8.45. The molecule has 6 nitrogen and oxygen atoms in total. The third-order valence-electron chi connectivity index (χ3n) is 6.08. The van der Waals surface area contributed by atoms with E-state index in [9.17, 15) is 0 Å². The van der Waals surface area contributed by atoms with Crippen molar-refractivity contribution in [1.29, 1.82) is 0 Å². The fourth-order valence-corrected chi connectivity index (χ4v) is 4.37. The number of likely N-dealkylation sites (tertiary alicyclic amines) is 1. The van der Waals surface area contributed by atoms with Crippen molar-refractivity contribution in [3.63, 3.8) is 0 Å². The summed E-state index contributed by atoms with van der Waals surface area (Å²) in [5.41, 5.74) is 10.5. The van der Waals surface area contributed by atoms with Crippen LogP contribution in [0.25, 0.3) is 11.1 Å². The number of aliphatic imine (C=N–C) groups is 1. The second kappa shape index (κ2) is 9.69. The topological polar surface area (TPSA) is 95.5 Å². The zero-order valence-electron chi connectivity index (χ0n) is 17.0. The lowest BCUT2D eigenvalue weighted by molar-refractivity contribution is 0.121. The summed E-state index contributed by atoms with van der Waals surface area (Å²) >= 11 is 1.37. The van der Waals surface area contributed by atoms with Crippen LogP contribution in [0.15, 0.2) is 35.5 Å². The van der Waals surface area contributed by atoms with Gasteiger partial charge in [-0.15, -0.1) is 0 Å². The number of aryl methyl sites for hydroxylation is 1. The van der Waals surface area contributed by atoms with Gasteiger partial charge in [0, 0.05) is 24.1 Å². The number of nitrogens with zero attached hydrogens (tertiary/aromatic N) is 2. The molecule has 1 aromatic heterocycles. The van der Waals surface area contributed by atoms with Crippen molar-refractivity contribution in [3.05, 3.63) is 41.6 Å². The van der Waals surface area contributed by atoms with Crippen molar-refractivity contribution >= 4 is 23.6 Å². The zero-order chi connectivity index (χ0) is 20.1. The van der Waals surface area contributed by atoms with E-state index < -0.39 is 0 Å². The molecule has 1 saturated heterocycles. The van der Waals surface area contributed by atoms with Gasteiger partial charge in [0.25, 0.3) is 0 Å².